The van der Waals surface area contributed by atoms with Gasteiger partial charge >= 0.3 is 12.1 Å². The van der Waals surface area contributed by atoms with E-state index in [1.54, 1.807) is 0 Å². The van der Waals surface area contributed by atoms with E-state index in [0.717, 1.165) is 0 Å². The van der Waals surface area contributed by atoms with Crippen molar-refractivity contribution in [1.29, 1.82) is 0 Å². The predicted molar refractivity (Wildman–Crippen MR) is 26.8 cm³/mol. The van der Waals surface area contributed by atoms with Gasteiger partial charge in [-0.1, -0.05) is 0 Å². The van der Waals surface area contributed by atoms with Gasteiger partial charge in [0.25, 0.3) is 0 Å². The Labute approximate surface area is 67.5 Å². The number of halogens is 8. The topological polar surface area (TPSA) is 0 Å². The van der Waals surface area contributed by atoms with Crippen LogP contribution in [0.4, 0.5) is 35.1 Å². The third-order valence-electron chi connectivity index (χ3n) is 1.15. The molecule has 0 saturated carbocycles. The van der Waals surface area contributed by atoms with E-state index in [1.165, 1.54) is 0 Å². The van der Waals surface area contributed by atoms with Gasteiger partial charge in [-0.2, -0.15) is 13.2 Å². The van der Waals surface area contributed by atoms with Crippen LogP contribution in [-0.4, -0.2) is 31.1 Å². The zero-order valence-electron chi connectivity index (χ0n) is 5.89. The third kappa shape index (κ3) is 3.00. The van der Waals surface area contributed by atoms with Crippen LogP contribution in [0.2, 0.25) is 0 Å². The molecule has 0 aromatic heterocycles. The van der Waals surface area contributed by atoms with E-state index >= 15 is 0 Å². The molecule has 0 nitrogen and oxygen atoms in total. The minimum atomic E-state index is -5.75. The molecule has 0 aliphatic carbocycles. The van der Waals surface area contributed by atoms with Crippen LogP contribution < -0.4 is 0 Å². The molecule has 0 heterocycles. The van der Waals surface area contributed by atoms with E-state index in [1.807, 2.05) is 0 Å². The average Bonchev–Trinajstić information content (AvgIpc) is 2.00. The van der Waals surface area contributed by atoms with Crippen LogP contribution in [0, 0.1) is 0 Å². The second kappa shape index (κ2) is 3.67. The van der Waals surface area contributed by atoms with Gasteiger partial charge in [-0.3, -0.25) is 0 Å². The molecule has 2 atom stereocenters. The zero-order valence-corrected chi connectivity index (χ0v) is 5.89. The van der Waals surface area contributed by atoms with Gasteiger partial charge < -0.3 is 0 Å². The zero-order chi connectivity index (χ0) is 10.9. The Bertz CT molecular complexity index is 160. The van der Waals surface area contributed by atoms with E-state index in [-0.39, 0.29) is 0 Å². The molecule has 80 valence electrons. The monoisotopic (exact) mass is 216 g/mol. The first-order valence-electron chi connectivity index (χ1n) is 2.91. The van der Waals surface area contributed by atoms with E-state index in [4.69, 9.17) is 0 Å². The first-order chi connectivity index (χ1) is 5.63. The minimum absolute atomic E-state index is 2.68. The SMILES string of the molecule is FCC(F)(F)C(F)C(F)C(F)(F)F. The third-order valence-corrected chi connectivity index (χ3v) is 1.15. The molecule has 0 saturated heterocycles. The Morgan fingerprint density at radius 1 is 0.846 bits per heavy atom. The molecule has 13 heavy (non-hydrogen) atoms. The summed E-state index contributed by atoms with van der Waals surface area (Å²) in [6.07, 6.45) is -14.3. The lowest BCUT2D eigenvalue weighted by Gasteiger charge is -2.22. The van der Waals surface area contributed by atoms with Gasteiger partial charge in [0.05, 0.1) is 0 Å². The molecule has 0 fully saturated rings. The lowest BCUT2D eigenvalue weighted by atomic mass is 10.1. The first kappa shape index (κ1) is 12.4. The average molecular weight is 216 g/mol. The molecule has 0 N–H and O–H groups in total. The molecular weight excluding hydrogens is 212 g/mol. The number of hydrogen-bond donors (Lipinski definition) is 0. The largest absolute Gasteiger partial charge is 0.422 e. The highest BCUT2D eigenvalue weighted by Crippen LogP contribution is 2.34. The summed E-state index contributed by atoms with van der Waals surface area (Å²) >= 11 is 0. The molecule has 2 unspecified atom stereocenters. The van der Waals surface area contributed by atoms with Crippen molar-refractivity contribution in [2.24, 2.45) is 0 Å². The van der Waals surface area contributed by atoms with Crippen molar-refractivity contribution in [2.75, 3.05) is 6.67 Å². The fourth-order valence-corrected chi connectivity index (χ4v) is 0.454. The van der Waals surface area contributed by atoms with Crippen LogP contribution in [0.5, 0.6) is 0 Å². The van der Waals surface area contributed by atoms with Crippen LogP contribution in [0.25, 0.3) is 0 Å². The van der Waals surface area contributed by atoms with Crippen molar-refractivity contribution in [3.05, 3.63) is 0 Å². The minimum Gasteiger partial charge on any atom is -0.244 e. The van der Waals surface area contributed by atoms with Gasteiger partial charge in [0.1, 0.15) is 0 Å². The number of alkyl halides is 8. The van der Waals surface area contributed by atoms with Crippen molar-refractivity contribution in [2.45, 2.75) is 24.4 Å². The maximum Gasteiger partial charge on any atom is 0.422 e. The second-order valence-corrected chi connectivity index (χ2v) is 2.24. The Balaban J connectivity index is 4.52. The highest BCUT2D eigenvalue weighted by Gasteiger charge is 2.56. The van der Waals surface area contributed by atoms with Crippen molar-refractivity contribution in [3.63, 3.8) is 0 Å². The lowest BCUT2D eigenvalue weighted by Crippen LogP contribution is -2.45. The summed E-state index contributed by atoms with van der Waals surface area (Å²) < 4.78 is 92.6. The lowest BCUT2D eigenvalue weighted by molar-refractivity contribution is -0.228. The van der Waals surface area contributed by atoms with Crippen molar-refractivity contribution >= 4 is 0 Å². The molecular formula is C5H4F8. The number of hydrogen-bond acceptors (Lipinski definition) is 0. The predicted octanol–water partition coefficient (Wildman–Crippen LogP) is 2.83. The second-order valence-electron chi connectivity index (χ2n) is 2.24. The normalized spacial score (nSPS) is 18.5. The van der Waals surface area contributed by atoms with Crippen LogP contribution in [-0.2, 0) is 0 Å². The summed E-state index contributed by atoms with van der Waals surface area (Å²) in [6, 6.07) is 0. The highest BCUT2D eigenvalue weighted by molar-refractivity contribution is 4.86. The Morgan fingerprint density at radius 3 is 1.46 bits per heavy atom. The summed E-state index contributed by atoms with van der Waals surface area (Å²) in [5, 5.41) is 0. The van der Waals surface area contributed by atoms with E-state index in [0.29, 0.717) is 0 Å². The summed E-state index contributed by atoms with van der Waals surface area (Å²) in [6.45, 7) is -2.68. The Kier molecular flexibility index (Phi) is 3.51. The van der Waals surface area contributed by atoms with Gasteiger partial charge in [-0.15, -0.1) is 0 Å². The maximum atomic E-state index is 12.0. The summed E-state index contributed by atoms with van der Waals surface area (Å²) in [4.78, 5) is 0. The maximum absolute atomic E-state index is 12.0. The van der Waals surface area contributed by atoms with E-state index in [2.05, 4.69) is 0 Å². The fourth-order valence-electron chi connectivity index (χ4n) is 0.454. The summed E-state index contributed by atoms with van der Waals surface area (Å²) in [5.41, 5.74) is 0. The van der Waals surface area contributed by atoms with Crippen LogP contribution in [0.3, 0.4) is 0 Å². The molecule has 0 rings (SSSR count). The highest BCUT2D eigenvalue weighted by atomic mass is 19.4. The van der Waals surface area contributed by atoms with Gasteiger partial charge in [-0.05, 0) is 0 Å². The molecule has 0 spiro atoms. The quantitative estimate of drug-likeness (QED) is 0.636. The van der Waals surface area contributed by atoms with Crippen molar-refractivity contribution < 1.29 is 35.1 Å². The smallest absolute Gasteiger partial charge is 0.244 e. The molecule has 0 bridgehead atoms. The molecule has 0 radical (unpaired) electrons. The number of rotatable bonds is 3. The van der Waals surface area contributed by atoms with Gasteiger partial charge in [0, 0.05) is 0 Å². The van der Waals surface area contributed by atoms with Crippen molar-refractivity contribution in [3.8, 4) is 0 Å². The van der Waals surface area contributed by atoms with Crippen LogP contribution in [0.15, 0.2) is 0 Å². The van der Waals surface area contributed by atoms with E-state index < -0.39 is 31.1 Å². The molecule has 0 amide bonds. The molecule has 0 aliphatic rings. The molecule has 0 aromatic rings. The molecule has 0 aliphatic heterocycles. The summed E-state index contributed by atoms with van der Waals surface area (Å²) in [5.74, 6) is -4.95. The molecule has 0 aromatic carbocycles. The Morgan fingerprint density at radius 2 is 1.23 bits per heavy atom. The van der Waals surface area contributed by atoms with Gasteiger partial charge in [-0.25, -0.2) is 22.0 Å². The van der Waals surface area contributed by atoms with Gasteiger partial charge in [0.2, 0.25) is 12.3 Å². The van der Waals surface area contributed by atoms with Crippen LogP contribution in [0.1, 0.15) is 0 Å². The van der Waals surface area contributed by atoms with E-state index in [9.17, 15) is 35.1 Å². The van der Waals surface area contributed by atoms with Gasteiger partial charge in [0.15, 0.2) is 6.67 Å². The fraction of sp³-hybridized carbons (Fsp3) is 1.00. The Hall–Kier alpha value is -0.560. The first-order valence-corrected chi connectivity index (χ1v) is 2.91. The summed E-state index contributed by atoms with van der Waals surface area (Å²) in [7, 11) is 0. The molecule has 8 heteroatoms. The van der Waals surface area contributed by atoms with Crippen molar-refractivity contribution in [1.82, 2.24) is 0 Å². The standard InChI is InChI=1S/C5H4F8/c6-1-4(9,10)2(7)3(8)5(11,12)13/h2-3H,1H2. The van der Waals surface area contributed by atoms with Crippen LogP contribution >= 0.6 is 0 Å².